The maximum absolute atomic E-state index is 10.6. The van der Waals surface area contributed by atoms with Crippen LogP contribution in [0.1, 0.15) is 20.8 Å². The van der Waals surface area contributed by atoms with Gasteiger partial charge in [-0.1, -0.05) is 25.4 Å². The lowest BCUT2D eigenvalue weighted by Crippen LogP contribution is -2.18. The minimum atomic E-state index is -0.707. The Morgan fingerprint density at radius 2 is 2.09 bits per heavy atom. The molecule has 0 rings (SSSR count). The summed E-state index contributed by atoms with van der Waals surface area (Å²) < 4.78 is 9.17. The topological polar surface area (TPSA) is 35.5 Å². The van der Waals surface area contributed by atoms with Crippen LogP contribution in [0.25, 0.3) is 0 Å². The largest absolute Gasteiger partial charge is 0.509 e. The molecule has 11 heavy (non-hydrogen) atoms. The number of alkyl halides is 1. The molecular formula is C7H13ClO3. The van der Waals surface area contributed by atoms with E-state index in [0.717, 1.165) is 0 Å². The first-order chi connectivity index (χ1) is 5.07. The summed E-state index contributed by atoms with van der Waals surface area (Å²) in [7, 11) is 0. The second-order valence-electron chi connectivity index (χ2n) is 2.40. The van der Waals surface area contributed by atoms with Gasteiger partial charge in [-0.05, 0) is 6.92 Å². The molecule has 0 aromatic heterocycles. The number of carbonyl (C=O) groups is 1. The average molecular weight is 181 g/mol. The van der Waals surface area contributed by atoms with Crippen LogP contribution in [0.3, 0.4) is 0 Å². The van der Waals surface area contributed by atoms with Crippen LogP contribution in [0.4, 0.5) is 4.79 Å². The Morgan fingerprint density at radius 3 is 2.45 bits per heavy atom. The predicted octanol–water partition coefficient (Wildman–Crippen LogP) is 2.38. The van der Waals surface area contributed by atoms with E-state index in [4.69, 9.17) is 11.6 Å². The molecule has 0 N–H and O–H groups in total. The summed E-state index contributed by atoms with van der Waals surface area (Å²) in [6, 6.07) is 0. The number of halogens is 1. The van der Waals surface area contributed by atoms with Crippen LogP contribution in [0.5, 0.6) is 0 Å². The van der Waals surface area contributed by atoms with Crippen LogP contribution < -0.4 is 0 Å². The van der Waals surface area contributed by atoms with Gasteiger partial charge in [-0.3, -0.25) is 0 Å². The van der Waals surface area contributed by atoms with E-state index >= 15 is 0 Å². The highest BCUT2D eigenvalue weighted by Crippen LogP contribution is 2.11. The van der Waals surface area contributed by atoms with Gasteiger partial charge in [-0.25, -0.2) is 4.79 Å². The smallest absolute Gasteiger partial charge is 0.435 e. The lowest BCUT2D eigenvalue weighted by Gasteiger charge is -2.13. The molecule has 0 saturated heterocycles. The van der Waals surface area contributed by atoms with Gasteiger partial charge in [0.1, 0.15) is 0 Å². The first kappa shape index (κ1) is 10.6. The summed E-state index contributed by atoms with van der Waals surface area (Å²) >= 11 is 5.62. The Kier molecular flexibility index (Phi) is 5.03. The van der Waals surface area contributed by atoms with Crippen LogP contribution in [-0.4, -0.2) is 18.3 Å². The van der Waals surface area contributed by atoms with E-state index in [9.17, 15) is 4.79 Å². The zero-order valence-electron chi connectivity index (χ0n) is 6.96. The highest BCUT2D eigenvalue weighted by molar-refractivity contribution is 6.20. The SMILES string of the molecule is CCOC(=O)OC(Cl)C(C)C. The van der Waals surface area contributed by atoms with Gasteiger partial charge in [0.2, 0.25) is 0 Å². The fourth-order valence-electron chi connectivity index (χ4n) is 0.380. The van der Waals surface area contributed by atoms with Gasteiger partial charge in [0.05, 0.1) is 6.61 Å². The van der Waals surface area contributed by atoms with Crippen molar-refractivity contribution in [1.29, 1.82) is 0 Å². The van der Waals surface area contributed by atoms with Crippen LogP contribution >= 0.6 is 11.6 Å². The molecule has 1 unspecified atom stereocenters. The summed E-state index contributed by atoms with van der Waals surface area (Å²) in [5.74, 6) is 0.0982. The monoisotopic (exact) mass is 180 g/mol. The molecule has 1 atom stereocenters. The third kappa shape index (κ3) is 4.90. The quantitative estimate of drug-likeness (QED) is 0.494. The Labute approximate surface area is 71.6 Å². The number of rotatable bonds is 3. The molecular weight excluding hydrogens is 168 g/mol. The molecule has 0 bridgehead atoms. The molecule has 0 spiro atoms. The molecule has 0 aliphatic heterocycles. The second kappa shape index (κ2) is 5.24. The minimum absolute atomic E-state index is 0.0982. The number of ether oxygens (including phenoxy) is 2. The lowest BCUT2D eigenvalue weighted by atomic mass is 10.2. The van der Waals surface area contributed by atoms with Crippen molar-refractivity contribution < 1.29 is 14.3 Å². The molecule has 0 fully saturated rings. The second-order valence-corrected chi connectivity index (χ2v) is 2.83. The zero-order chi connectivity index (χ0) is 8.85. The highest BCUT2D eigenvalue weighted by Gasteiger charge is 2.15. The summed E-state index contributed by atoms with van der Waals surface area (Å²) in [5, 5.41) is 0. The van der Waals surface area contributed by atoms with Gasteiger partial charge in [0, 0.05) is 5.92 Å². The van der Waals surface area contributed by atoms with E-state index < -0.39 is 11.7 Å². The van der Waals surface area contributed by atoms with Gasteiger partial charge in [0.15, 0.2) is 5.56 Å². The van der Waals surface area contributed by atoms with Gasteiger partial charge in [-0.15, -0.1) is 0 Å². The van der Waals surface area contributed by atoms with Crippen molar-refractivity contribution in [3.05, 3.63) is 0 Å². The van der Waals surface area contributed by atoms with E-state index in [1.165, 1.54) is 0 Å². The van der Waals surface area contributed by atoms with Crippen molar-refractivity contribution in [3.8, 4) is 0 Å². The maximum atomic E-state index is 10.6. The fraction of sp³-hybridized carbons (Fsp3) is 0.857. The predicted molar refractivity (Wildman–Crippen MR) is 42.6 cm³/mol. The maximum Gasteiger partial charge on any atom is 0.509 e. The van der Waals surface area contributed by atoms with E-state index in [2.05, 4.69) is 9.47 Å². The van der Waals surface area contributed by atoms with Crippen LogP contribution in [0.15, 0.2) is 0 Å². The van der Waals surface area contributed by atoms with Crippen molar-refractivity contribution in [2.24, 2.45) is 5.92 Å². The first-order valence-corrected chi connectivity index (χ1v) is 3.99. The fourth-order valence-corrected chi connectivity index (χ4v) is 0.453. The van der Waals surface area contributed by atoms with E-state index in [1.807, 2.05) is 13.8 Å². The first-order valence-electron chi connectivity index (χ1n) is 3.55. The summed E-state index contributed by atoms with van der Waals surface area (Å²) in [6.45, 7) is 5.73. The van der Waals surface area contributed by atoms with Gasteiger partial charge in [0.25, 0.3) is 0 Å². The van der Waals surface area contributed by atoms with E-state index in [0.29, 0.717) is 6.61 Å². The van der Waals surface area contributed by atoms with Crippen molar-refractivity contribution >= 4 is 17.8 Å². The summed E-state index contributed by atoms with van der Waals surface area (Å²) in [6.07, 6.45) is -0.707. The third-order valence-electron chi connectivity index (χ3n) is 0.995. The Balaban J connectivity index is 3.57. The van der Waals surface area contributed by atoms with Crippen LogP contribution in [0.2, 0.25) is 0 Å². The summed E-state index contributed by atoms with van der Waals surface area (Å²) in [4.78, 5) is 10.6. The van der Waals surface area contributed by atoms with Gasteiger partial charge in [-0.2, -0.15) is 0 Å². The molecule has 66 valence electrons. The molecule has 0 amide bonds. The zero-order valence-corrected chi connectivity index (χ0v) is 7.72. The highest BCUT2D eigenvalue weighted by atomic mass is 35.5. The molecule has 0 aromatic carbocycles. The minimum Gasteiger partial charge on any atom is -0.435 e. The lowest BCUT2D eigenvalue weighted by molar-refractivity contribution is 0.0382. The normalized spacial score (nSPS) is 12.8. The molecule has 0 saturated carbocycles. The molecule has 0 aromatic rings. The van der Waals surface area contributed by atoms with Crippen LogP contribution in [0, 0.1) is 5.92 Å². The third-order valence-corrected chi connectivity index (χ3v) is 1.59. The standard InChI is InChI=1S/C7H13ClO3/c1-4-10-7(9)11-6(8)5(2)3/h5-6H,4H2,1-3H3. The Hall–Kier alpha value is -0.440. The van der Waals surface area contributed by atoms with Gasteiger partial charge >= 0.3 is 6.16 Å². The van der Waals surface area contributed by atoms with Crippen molar-refractivity contribution in [2.45, 2.75) is 26.3 Å². The van der Waals surface area contributed by atoms with E-state index in [1.54, 1.807) is 6.92 Å². The van der Waals surface area contributed by atoms with E-state index in [-0.39, 0.29) is 5.92 Å². The molecule has 0 aliphatic carbocycles. The van der Waals surface area contributed by atoms with Crippen molar-refractivity contribution in [1.82, 2.24) is 0 Å². The Bertz CT molecular complexity index is 125. The van der Waals surface area contributed by atoms with Crippen LogP contribution in [-0.2, 0) is 9.47 Å². The number of hydrogen-bond acceptors (Lipinski definition) is 3. The van der Waals surface area contributed by atoms with Gasteiger partial charge < -0.3 is 9.47 Å². The van der Waals surface area contributed by atoms with Crippen molar-refractivity contribution in [2.75, 3.05) is 6.61 Å². The Morgan fingerprint density at radius 1 is 1.55 bits per heavy atom. The average Bonchev–Trinajstić information content (AvgIpc) is 1.87. The molecule has 0 aliphatic rings. The number of hydrogen-bond donors (Lipinski definition) is 0. The number of carbonyl (C=O) groups excluding carboxylic acids is 1. The summed E-state index contributed by atoms with van der Waals surface area (Å²) in [5.41, 5.74) is -0.603. The molecule has 0 radical (unpaired) electrons. The van der Waals surface area contributed by atoms with Crippen molar-refractivity contribution in [3.63, 3.8) is 0 Å². The molecule has 0 heterocycles. The molecule has 3 nitrogen and oxygen atoms in total. The molecule has 4 heteroatoms.